The molecule has 0 saturated carbocycles. The van der Waals surface area contributed by atoms with Crippen molar-refractivity contribution in [2.75, 3.05) is 4.90 Å². The van der Waals surface area contributed by atoms with Crippen LogP contribution in [0, 0.1) is 13.8 Å². The quantitative estimate of drug-likeness (QED) is 0.202. The normalized spacial score (nSPS) is 11.2. The number of nitrogens with zero attached hydrogens (tertiary/aromatic N) is 2. The highest BCUT2D eigenvalue weighted by molar-refractivity contribution is 5.95. The standard InChI is InChI=1S/C39H30N2O/c1-27-9-7-11-33(25-27)40(34-12-8-10-28(2)26-34)31-21-17-29(18-22-31)30-19-23-32(24-20-30)41-37-15-5-3-13-35(37)39(42)36-14-4-6-16-38(36)41/h3-26H,1-2H3. The van der Waals surface area contributed by atoms with E-state index in [1.807, 2.05) is 48.5 Å². The van der Waals surface area contributed by atoms with Gasteiger partial charge >= 0.3 is 0 Å². The van der Waals surface area contributed by atoms with Crippen LogP contribution in [0.1, 0.15) is 11.1 Å². The molecule has 42 heavy (non-hydrogen) atoms. The van der Waals surface area contributed by atoms with Gasteiger partial charge < -0.3 is 9.47 Å². The van der Waals surface area contributed by atoms with Crippen LogP contribution >= 0.6 is 0 Å². The number of aromatic nitrogens is 1. The smallest absolute Gasteiger partial charge is 0.197 e. The Morgan fingerprint density at radius 2 is 0.952 bits per heavy atom. The zero-order valence-corrected chi connectivity index (χ0v) is 23.7. The number of aryl methyl sites for hydroxylation is 2. The maximum Gasteiger partial charge on any atom is 0.197 e. The molecule has 0 bridgehead atoms. The number of fused-ring (bicyclic) bond motifs is 2. The molecule has 1 aromatic heterocycles. The topological polar surface area (TPSA) is 25.2 Å². The van der Waals surface area contributed by atoms with Crippen molar-refractivity contribution in [2.45, 2.75) is 13.8 Å². The summed E-state index contributed by atoms with van der Waals surface area (Å²) in [6.45, 7) is 4.26. The average molecular weight is 543 g/mol. The van der Waals surface area contributed by atoms with Crippen molar-refractivity contribution in [3.8, 4) is 16.8 Å². The fraction of sp³-hybridized carbons (Fsp3) is 0.0513. The first kappa shape index (κ1) is 25.6. The molecule has 0 aliphatic carbocycles. The van der Waals surface area contributed by atoms with Gasteiger partial charge in [-0.1, -0.05) is 72.8 Å². The van der Waals surface area contributed by atoms with Gasteiger partial charge in [0.25, 0.3) is 0 Å². The second kappa shape index (κ2) is 10.5. The average Bonchev–Trinajstić information content (AvgIpc) is 3.02. The Morgan fingerprint density at radius 1 is 0.476 bits per heavy atom. The third-order valence-electron chi connectivity index (χ3n) is 7.88. The summed E-state index contributed by atoms with van der Waals surface area (Å²) < 4.78 is 2.18. The van der Waals surface area contributed by atoms with Crippen molar-refractivity contribution in [1.82, 2.24) is 4.57 Å². The molecule has 6 aromatic carbocycles. The van der Waals surface area contributed by atoms with Crippen LogP contribution in [0.3, 0.4) is 0 Å². The molecule has 0 unspecified atom stereocenters. The Labute approximate surface area is 245 Å². The van der Waals surface area contributed by atoms with Gasteiger partial charge in [0.1, 0.15) is 0 Å². The van der Waals surface area contributed by atoms with E-state index in [-0.39, 0.29) is 5.43 Å². The monoisotopic (exact) mass is 542 g/mol. The summed E-state index contributed by atoms with van der Waals surface area (Å²) >= 11 is 0. The number of para-hydroxylation sites is 2. The SMILES string of the molecule is Cc1cccc(N(c2ccc(-c3ccc(-n4c5ccccc5c(=O)c5ccccc54)cc3)cc2)c2cccc(C)c2)c1. The molecule has 1 heterocycles. The fourth-order valence-corrected chi connectivity index (χ4v) is 5.86. The van der Waals surface area contributed by atoms with Crippen molar-refractivity contribution in [2.24, 2.45) is 0 Å². The largest absolute Gasteiger partial charge is 0.310 e. The molecule has 3 heteroatoms. The van der Waals surface area contributed by atoms with E-state index in [9.17, 15) is 4.79 Å². The lowest BCUT2D eigenvalue weighted by Crippen LogP contribution is -2.10. The molecule has 0 amide bonds. The molecule has 0 atom stereocenters. The molecular formula is C39H30N2O. The van der Waals surface area contributed by atoms with Gasteiger partial charge in [0.15, 0.2) is 5.43 Å². The molecule has 0 spiro atoms. The highest BCUT2D eigenvalue weighted by Crippen LogP contribution is 2.36. The Balaban J connectivity index is 1.27. The van der Waals surface area contributed by atoms with E-state index in [0.29, 0.717) is 0 Å². The van der Waals surface area contributed by atoms with Gasteiger partial charge in [-0.3, -0.25) is 4.79 Å². The van der Waals surface area contributed by atoms with Crippen LogP contribution in [0.15, 0.2) is 150 Å². The summed E-state index contributed by atoms with van der Waals surface area (Å²) in [6, 6.07) is 50.3. The van der Waals surface area contributed by atoms with Crippen molar-refractivity contribution in [1.29, 1.82) is 0 Å². The zero-order chi connectivity index (χ0) is 28.6. The van der Waals surface area contributed by atoms with Crippen molar-refractivity contribution in [3.63, 3.8) is 0 Å². The number of pyridine rings is 1. The van der Waals surface area contributed by atoms with Gasteiger partial charge in [0.2, 0.25) is 0 Å². The number of rotatable bonds is 5. The molecule has 202 valence electrons. The second-order valence-electron chi connectivity index (χ2n) is 10.8. The van der Waals surface area contributed by atoms with E-state index in [1.54, 1.807) is 0 Å². The van der Waals surface area contributed by atoms with Crippen LogP contribution in [0.2, 0.25) is 0 Å². The van der Waals surface area contributed by atoms with E-state index in [1.165, 1.54) is 11.1 Å². The van der Waals surface area contributed by atoms with E-state index in [4.69, 9.17) is 0 Å². The molecule has 7 aromatic rings. The lowest BCUT2D eigenvalue weighted by molar-refractivity contribution is 1.16. The molecule has 7 rings (SSSR count). The van der Waals surface area contributed by atoms with E-state index in [0.717, 1.165) is 55.7 Å². The first-order chi connectivity index (χ1) is 20.6. The minimum atomic E-state index is 0.0690. The third-order valence-corrected chi connectivity index (χ3v) is 7.88. The Bertz CT molecular complexity index is 2020. The van der Waals surface area contributed by atoms with E-state index < -0.39 is 0 Å². The summed E-state index contributed by atoms with van der Waals surface area (Å²) in [4.78, 5) is 15.5. The summed E-state index contributed by atoms with van der Waals surface area (Å²) in [6.07, 6.45) is 0. The molecule has 0 fully saturated rings. The first-order valence-electron chi connectivity index (χ1n) is 14.2. The van der Waals surface area contributed by atoms with Gasteiger partial charge in [-0.2, -0.15) is 0 Å². The number of hydrogen-bond acceptors (Lipinski definition) is 2. The molecule has 0 aliphatic rings. The second-order valence-corrected chi connectivity index (χ2v) is 10.8. The molecule has 0 N–H and O–H groups in total. The van der Waals surface area contributed by atoms with E-state index in [2.05, 4.69) is 120 Å². The first-order valence-corrected chi connectivity index (χ1v) is 14.2. The van der Waals surface area contributed by atoms with Crippen LogP contribution < -0.4 is 10.3 Å². The maximum absolute atomic E-state index is 13.2. The van der Waals surface area contributed by atoms with Crippen LogP contribution in [-0.4, -0.2) is 4.57 Å². The molecule has 0 saturated heterocycles. The highest BCUT2D eigenvalue weighted by Gasteiger charge is 2.14. The minimum absolute atomic E-state index is 0.0690. The van der Waals surface area contributed by atoms with Gasteiger partial charge in [-0.05, 0) is 109 Å². The van der Waals surface area contributed by atoms with Crippen LogP contribution in [0.4, 0.5) is 17.1 Å². The third kappa shape index (κ3) is 4.55. The Kier molecular flexibility index (Phi) is 6.41. The Hall–Kier alpha value is -5.41. The van der Waals surface area contributed by atoms with E-state index >= 15 is 0 Å². The van der Waals surface area contributed by atoms with Crippen LogP contribution in [-0.2, 0) is 0 Å². The highest BCUT2D eigenvalue weighted by atomic mass is 16.1. The molecule has 0 radical (unpaired) electrons. The molecular weight excluding hydrogens is 512 g/mol. The minimum Gasteiger partial charge on any atom is -0.310 e. The number of benzene rings is 6. The fourth-order valence-electron chi connectivity index (χ4n) is 5.86. The molecule has 0 aliphatic heterocycles. The van der Waals surface area contributed by atoms with Crippen molar-refractivity contribution < 1.29 is 0 Å². The number of anilines is 3. The van der Waals surface area contributed by atoms with Crippen molar-refractivity contribution in [3.05, 3.63) is 167 Å². The van der Waals surface area contributed by atoms with Crippen molar-refractivity contribution >= 4 is 38.9 Å². The Morgan fingerprint density at radius 3 is 1.45 bits per heavy atom. The predicted octanol–water partition coefficient (Wildman–Crippen LogP) is 9.90. The van der Waals surface area contributed by atoms with Crippen LogP contribution in [0.5, 0.6) is 0 Å². The lowest BCUT2D eigenvalue weighted by Gasteiger charge is -2.26. The summed E-state index contributed by atoms with van der Waals surface area (Å²) in [5.41, 5.74) is 11.0. The van der Waals surface area contributed by atoms with Gasteiger partial charge in [-0.25, -0.2) is 0 Å². The lowest BCUT2D eigenvalue weighted by atomic mass is 10.0. The van der Waals surface area contributed by atoms with Crippen LogP contribution in [0.25, 0.3) is 38.6 Å². The van der Waals surface area contributed by atoms with Gasteiger partial charge in [-0.15, -0.1) is 0 Å². The summed E-state index contributed by atoms with van der Waals surface area (Å²) in [5.74, 6) is 0. The number of hydrogen-bond donors (Lipinski definition) is 0. The zero-order valence-electron chi connectivity index (χ0n) is 23.7. The molecule has 3 nitrogen and oxygen atoms in total. The van der Waals surface area contributed by atoms with Gasteiger partial charge in [0, 0.05) is 33.5 Å². The maximum atomic E-state index is 13.2. The summed E-state index contributed by atoms with van der Waals surface area (Å²) in [7, 11) is 0. The van der Waals surface area contributed by atoms with Gasteiger partial charge in [0.05, 0.1) is 11.0 Å². The predicted molar refractivity (Wildman–Crippen MR) is 177 cm³/mol. The summed E-state index contributed by atoms with van der Waals surface area (Å²) in [5, 5.41) is 1.45.